The summed E-state index contributed by atoms with van der Waals surface area (Å²) in [6.07, 6.45) is 8.55. The maximum atomic E-state index is 12.3. The predicted octanol–water partition coefficient (Wildman–Crippen LogP) is 4.93. The summed E-state index contributed by atoms with van der Waals surface area (Å²) in [7, 11) is 0. The Hall–Kier alpha value is -1.31. The van der Waals surface area contributed by atoms with Gasteiger partial charge in [-0.2, -0.15) is 0 Å². The summed E-state index contributed by atoms with van der Waals surface area (Å²) < 4.78 is 0. The van der Waals surface area contributed by atoms with Crippen LogP contribution in [0.1, 0.15) is 57.4 Å². The van der Waals surface area contributed by atoms with Gasteiger partial charge in [0.15, 0.2) is 0 Å². The SMILES string of the molecule is CCCCC1CCC(C(=O)Nc2cccc(C)c2)CC1. The Morgan fingerprint density at radius 1 is 1.25 bits per heavy atom. The molecule has 2 heteroatoms. The third-order valence-corrected chi connectivity index (χ3v) is 4.47. The molecule has 0 heterocycles. The van der Waals surface area contributed by atoms with Gasteiger partial charge in [0.1, 0.15) is 0 Å². The lowest BCUT2D eigenvalue weighted by Gasteiger charge is -2.27. The van der Waals surface area contributed by atoms with Crippen LogP contribution in [0.25, 0.3) is 0 Å². The summed E-state index contributed by atoms with van der Waals surface area (Å²) in [6.45, 7) is 4.30. The average Bonchev–Trinajstić information content (AvgIpc) is 2.45. The van der Waals surface area contributed by atoms with E-state index in [1.54, 1.807) is 0 Å². The van der Waals surface area contributed by atoms with Crippen LogP contribution >= 0.6 is 0 Å². The number of anilines is 1. The number of benzene rings is 1. The minimum atomic E-state index is 0.213. The molecule has 0 atom stereocenters. The summed E-state index contributed by atoms with van der Waals surface area (Å²) >= 11 is 0. The fourth-order valence-corrected chi connectivity index (χ4v) is 3.17. The van der Waals surface area contributed by atoms with Gasteiger partial charge in [-0.1, -0.05) is 38.3 Å². The molecule has 0 aromatic heterocycles. The van der Waals surface area contributed by atoms with Crippen LogP contribution in [0.4, 0.5) is 5.69 Å². The number of amides is 1. The smallest absolute Gasteiger partial charge is 0.227 e. The summed E-state index contributed by atoms with van der Waals surface area (Å²) in [6, 6.07) is 8.05. The van der Waals surface area contributed by atoms with Crippen molar-refractivity contribution in [1.29, 1.82) is 0 Å². The van der Waals surface area contributed by atoms with Crippen molar-refractivity contribution < 1.29 is 4.79 Å². The highest BCUT2D eigenvalue weighted by Gasteiger charge is 2.25. The summed E-state index contributed by atoms with van der Waals surface area (Å²) in [4.78, 5) is 12.3. The molecule has 1 N–H and O–H groups in total. The monoisotopic (exact) mass is 273 g/mol. The molecule has 0 radical (unpaired) electrons. The topological polar surface area (TPSA) is 29.1 Å². The van der Waals surface area contributed by atoms with E-state index in [0.29, 0.717) is 0 Å². The molecule has 2 nitrogen and oxygen atoms in total. The molecule has 2 rings (SSSR count). The van der Waals surface area contributed by atoms with E-state index in [0.717, 1.165) is 24.4 Å². The van der Waals surface area contributed by atoms with E-state index >= 15 is 0 Å². The van der Waals surface area contributed by atoms with Crippen LogP contribution in [0.15, 0.2) is 24.3 Å². The lowest BCUT2D eigenvalue weighted by Crippen LogP contribution is -2.27. The molecule has 1 aliphatic carbocycles. The van der Waals surface area contributed by atoms with E-state index < -0.39 is 0 Å². The highest BCUT2D eigenvalue weighted by atomic mass is 16.1. The lowest BCUT2D eigenvalue weighted by molar-refractivity contribution is -0.121. The maximum absolute atomic E-state index is 12.3. The molecular formula is C18H27NO. The maximum Gasteiger partial charge on any atom is 0.227 e. The van der Waals surface area contributed by atoms with E-state index in [2.05, 4.69) is 25.2 Å². The fraction of sp³-hybridized carbons (Fsp3) is 0.611. The van der Waals surface area contributed by atoms with E-state index in [4.69, 9.17) is 0 Å². The van der Waals surface area contributed by atoms with Crippen molar-refractivity contribution >= 4 is 11.6 Å². The van der Waals surface area contributed by atoms with E-state index in [1.807, 2.05) is 18.2 Å². The first kappa shape index (κ1) is 15.1. The predicted molar refractivity (Wildman–Crippen MR) is 84.8 cm³/mol. The molecular weight excluding hydrogens is 246 g/mol. The van der Waals surface area contributed by atoms with Gasteiger partial charge in [-0.25, -0.2) is 0 Å². The van der Waals surface area contributed by atoms with E-state index in [-0.39, 0.29) is 11.8 Å². The second-order valence-electron chi connectivity index (χ2n) is 6.22. The molecule has 0 aliphatic heterocycles. The first-order chi connectivity index (χ1) is 9.69. The minimum Gasteiger partial charge on any atom is -0.326 e. The Labute approximate surface area is 123 Å². The Balaban J connectivity index is 1.80. The zero-order valence-electron chi connectivity index (χ0n) is 12.8. The van der Waals surface area contributed by atoms with Crippen molar-refractivity contribution in [2.24, 2.45) is 11.8 Å². The van der Waals surface area contributed by atoms with Gasteiger partial charge in [0.05, 0.1) is 0 Å². The standard InChI is InChI=1S/C18H27NO/c1-3-4-7-15-9-11-16(12-10-15)18(20)19-17-8-5-6-14(2)13-17/h5-6,8,13,15-16H,3-4,7,9-12H2,1-2H3,(H,19,20). The Kier molecular flexibility index (Phi) is 5.63. The third kappa shape index (κ3) is 4.36. The number of unbranched alkanes of at least 4 members (excludes halogenated alkanes) is 1. The highest BCUT2D eigenvalue weighted by Crippen LogP contribution is 2.32. The summed E-state index contributed by atoms with van der Waals surface area (Å²) in [5.41, 5.74) is 2.12. The van der Waals surface area contributed by atoms with Gasteiger partial charge < -0.3 is 5.32 Å². The van der Waals surface area contributed by atoms with Crippen molar-refractivity contribution in [2.75, 3.05) is 5.32 Å². The van der Waals surface area contributed by atoms with Crippen LogP contribution in [-0.2, 0) is 4.79 Å². The molecule has 110 valence electrons. The van der Waals surface area contributed by atoms with Crippen LogP contribution in [-0.4, -0.2) is 5.91 Å². The van der Waals surface area contributed by atoms with Crippen LogP contribution in [0, 0.1) is 18.8 Å². The number of nitrogens with one attached hydrogen (secondary N) is 1. The molecule has 0 spiro atoms. The van der Waals surface area contributed by atoms with Gasteiger partial charge in [0, 0.05) is 11.6 Å². The van der Waals surface area contributed by atoms with Crippen LogP contribution in [0.5, 0.6) is 0 Å². The number of rotatable bonds is 5. The quantitative estimate of drug-likeness (QED) is 0.809. The minimum absolute atomic E-state index is 0.213. The molecule has 1 amide bonds. The van der Waals surface area contributed by atoms with Gasteiger partial charge in [-0.05, 0) is 56.2 Å². The van der Waals surface area contributed by atoms with Gasteiger partial charge >= 0.3 is 0 Å². The normalized spacial score (nSPS) is 22.5. The van der Waals surface area contributed by atoms with Crippen LogP contribution < -0.4 is 5.32 Å². The van der Waals surface area contributed by atoms with Crippen LogP contribution in [0.3, 0.4) is 0 Å². The number of hydrogen-bond acceptors (Lipinski definition) is 1. The van der Waals surface area contributed by atoms with Crippen molar-refractivity contribution in [2.45, 2.75) is 58.8 Å². The van der Waals surface area contributed by atoms with Crippen molar-refractivity contribution in [3.8, 4) is 0 Å². The molecule has 0 bridgehead atoms. The van der Waals surface area contributed by atoms with Crippen molar-refractivity contribution in [1.82, 2.24) is 0 Å². The van der Waals surface area contributed by atoms with E-state index in [1.165, 1.54) is 37.7 Å². The molecule has 0 unspecified atom stereocenters. The zero-order chi connectivity index (χ0) is 14.4. The largest absolute Gasteiger partial charge is 0.326 e. The molecule has 1 saturated carbocycles. The van der Waals surface area contributed by atoms with Gasteiger partial charge in [-0.15, -0.1) is 0 Å². The van der Waals surface area contributed by atoms with Gasteiger partial charge in [-0.3, -0.25) is 4.79 Å². The lowest BCUT2D eigenvalue weighted by atomic mass is 9.79. The average molecular weight is 273 g/mol. The summed E-state index contributed by atoms with van der Waals surface area (Å²) in [5.74, 6) is 1.29. The third-order valence-electron chi connectivity index (χ3n) is 4.47. The van der Waals surface area contributed by atoms with Gasteiger partial charge in [0.2, 0.25) is 5.91 Å². The van der Waals surface area contributed by atoms with E-state index in [9.17, 15) is 4.79 Å². The molecule has 1 aliphatic rings. The number of aryl methyl sites for hydroxylation is 1. The van der Waals surface area contributed by atoms with Crippen LogP contribution in [0.2, 0.25) is 0 Å². The molecule has 1 aromatic carbocycles. The highest BCUT2D eigenvalue weighted by molar-refractivity contribution is 5.92. The fourth-order valence-electron chi connectivity index (χ4n) is 3.17. The molecule has 1 aromatic rings. The Bertz CT molecular complexity index is 433. The Morgan fingerprint density at radius 3 is 2.65 bits per heavy atom. The second kappa shape index (κ2) is 7.47. The summed E-state index contributed by atoms with van der Waals surface area (Å²) in [5, 5.41) is 3.07. The van der Waals surface area contributed by atoms with Crippen molar-refractivity contribution in [3.63, 3.8) is 0 Å². The number of carbonyl (C=O) groups is 1. The molecule has 1 fully saturated rings. The second-order valence-corrected chi connectivity index (χ2v) is 6.22. The first-order valence-corrected chi connectivity index (χ1v) is 8.06. The number of carbonyl (C=O) groups excluding carboxylic acids is 1. The number of hydrogen-bond donors (Lipinski definition) is 1. The molecule has 20 heavy (non-hydrogen) atoms. The first-order valence-electron chi connectivity index (χ1n) is 8.06. The van der Waals surface area contributed by atoms with Gasteiger partial charge in [0.25, 0.3) is 0 Å². The Morgan fingerprint density at radius 2 is 2.00 bits per heavy atom. The van der Waals surface area contributed by atoms with Crippen molar-refractivity contribution in [3.05, 3.63) is 29.8 Å². The molecule has 0 saturated heterocycles. The zero-order valence-corrected chi connectivity index (χ0v) is 12.8.